The van der Waals surface area contributed by atoms with Gasteiger partial charge in [-0.3, -0.25) is 0 Å². The first-order valence-corrected chi connectivity index (χ1v) is 10.3. The van der Waals surface area contributed by atoms with E-state index in [0.717, 1.165) is 12.8 Å². The van der Waals surface area contributed by atoms with Crippen LogP contribution < -0.4 is 0 Å². The summed E-state index contributed by atoms with van der Waals surface area (Å²) in [6.45, 7) is 17.9. The van der Waals surface area contributed by atoms with E-state index in [1.807, 2.05) is 0 Å². The van der Waals surface area contributed by atoms with Gasteiger partial charge in [0.15, 0.2) is 14.4 Å². The van der Waals surface area contributed by atoms with Crippen LogP contribution in [-0.4, -0.2) is 26.2 Å². The molecule has 0 bridgehead atoms. The molecule has 0 amide bonds. The van der Waals surface area contributed by atoms with Crippen LogP contribution in [-0.2, 0) is 9.26 Å². The van der Waals surface area contributed by atoms with Crippen LogP contribution in [0.15, 0.2) is 5.16 Å². The van der Waals surface area contributed by atoms with E-state index < -0.39 is 8.32 Å². The third-order valence-electron chi connectivity index (χ3n) is 4.21. The van der Waals surface area contributed by atoms with Gasteiger partial charge in [0.1, 0.15) is 0 Å². The van der Waals surface area contributed by atoms with E-state index in [1.54, 1.807) is 0 Å². The van der Waals surface area contributed by atoms with Crippen molar-refractivity contribution in [3.63, 3.8) is 0 Å². The Kier molecular flexibility index (Phi) is 5.24. The lowest BCUT2D eigenvalue weighted by Gasteiger charge is -2.39. The maximum absolute atomic E-state index is 6.38. The molecule has 0 spiro atoms. The summed E-state index contributed by atoms with van der Waals surface area (Å²) >= 11 is 0. The van der Waals surface area contributed by atoms with Gasteiger partial charge in [0.05, 0.1) is 11.8 Å². The number of rotatable bonds is 5. The van der Waals surface area contributed by atoms with Crippen LogP contribution in [0.1, 0.15) is 54.4 Å². The molecule has 1 rings (SSSR count). The van der Waals surface area contributed by atoms with Gasteiger partial charge in [-0.2, -0.15) is 0 Å². The van der Waals surface area contributed by atoms with E-state index in [0.29, 0.717) is 5.92 Å². The highest BCUT2D eigenvalue weighted by atomic mass is 28.4. The SMILES string of the molecule is CC(C)CC1=NOC([C@@H](C)O[Si](C)(C)C(C)(C)C)C1. The molecule has 0 saturated carbocycles. The highest BCUT2D eigenvalue weighted by Gasteiger charge is 2.41. The Morgan fingerprint density at radius 1 is 1.32 bits per heavy atom. The van der Waals surface area contributed by atoms with Gasteiger partial charge >= 0.3 is 0 Å². The van der Waals surface area contributed by atoms with Gasteiger partial charge in [0.25, 0.3) is 0 Å². The zero-order valence-corrected chi connectivity index (χ0v) is 14.9. The van der Waals surface area contributed by atoms with Gasteiger partial charge < -0.3 is 9.26 Å². The molecule has 0 N–H and O–H groups in total. The zero-order valence-electron chi connectivity index (χ0n) is 13.9. The summed E-state index contributed by atoms with van der Waals surface area (Å²) in [5.74, 6) is 0.637. The molecule has 0 saturated heterocycles. The van der Waals surface area contributed by atoms with E-state index in [1.165, 1.54) is 5.71 Å². The van der Waals surface area contributed by atoms with E-state index in [2.05, 4.69) is 59.8 Å². The molecule has 19 heavy (non-hydrogen) atoms. The lowest BCUT2D eigenvalue weighted by Crippen LogP contribution is -2.46. The highest BCUT2D eigenvalue weighted by Crippen LogP contribution is 2.38. The predicted molar refractivity (Wildman–Crippen MR) is 84.1 cm³/mol. The summed E-state index contributed by atoms with van der Waals surface area (Å²) in [4.78, 5) is 5.57. The Hall–Kier alpha value is -0.353. The third-order valence-corrected chi connectivity index (χ3v) is 8.78. The van der Waals surface area contributed by atoms with Crippen molar-refractivity contribution in [1.82, 2.24) is 0 Å². The molecule has 1 aliphatic heterocycles. The average molecular weight is 286 g/mol. The molecule has 1 aliphatic rings. The Labute approximate surface area is 119 Å². The Morgan fingerprint density at radius 2 is 1.89 bits per heavy atom. The van der Waals surface area contributed by atoms with Crippen LogP contribution in [0, 0.1) is 5.92 Å². The first-order chi connectivity index (χ1) is 8.53. The van der Waals surface area contributed by atoms with Crippen LogP contribution in [0.5, 0.6) is 0 Å². The molecule has 0 aliphatic carbocycles. The quantitative estimate of drug-likeness (QED) is 0.692. The second kappa shape index (κ2) is 5.96. The Balaban J connectivity index is 2.52. The van der Waals surface area contributed by atoms with Gasteiger partial charge in [0, 0.05) is 6.42 Å². The number of hydrogen-bond donors (Lipinski definition) is 0. The summed E-state index contributed by atoms with van der Waals surface area (Å²) in [7, 11) is -1.72. The van der Waals surface area contributed by atoms with E-state index in [9.17, 15) is 0 Å². The van der Waals surface area contributed by atoms with Crippen molar-refractivity contribution < 1.29 is 9.26 Å². The molecule has 1 unspecified atom stereocenters. The molecule has 0 aromatic rings. The van der Waals surface area contributed by atoms with Gasteiger partial charge in [-0.15, -0.1) is 0 Å². The fraction of sp³-hybridized carbons (Fsp3) is 0.933. The smallest absolute Gasteiger partial charge is 0.192 e. The summed E-state index contributed by atoms with van der Waals surface area (Å²) < 4.78 is 6.38. The number of oxime groups is 1. The summed E-state index contributed by atoms with van der Waals surface area (Å²) in [5, 5.41) is 4.46. The van der Waals surface area contributed by atoms with Crippen molar-refractivity contribution in [1.29, 1.82) is 0 Å². The van der Waals surface area contributed by atoms with Crippen LogP contribution in [0.3, 0.4) is 0 Å². The average Bonchev–Trinajstić information content (AvgIpc) is 2.62. The Morgan fingerprint density at radius 3 is 2.37 bits per heavy atom. The molecular weight excluding hydrogens is 254 g/mol. The van der Waals surface area contributed by atoms with E-state index in [-0.39, 0.29) is 17.2 Å². The standard InChI is InChI=1S/C15H31NO2Si/c1-11(2)9-13-10-14(17-16-13)12(3)18-19(7,8)15(4,5)6/h11-12,14H,9-10H2,1-8H3/t12-,14?/m1/s1. The molecule has 0 aromatic heterocycles. The summed E-state index contributed by atoms with van der Waals surface area (Å²) in [6.07, 6.45) is 2.18. The first kappa shape index (κ1) is 16.7. The fourth-order valence-corrected chi connectivity index (χ4v) is 3.44. The molecule has 2 atom stereocenters. The van der Waals surface area contributed by atoms with E-state index in [4.69, 9.17) is 9.26 Å². The molecule has 4 heteroatoms. The minimum Gasteiger partial charge on any atom is -0.410 e. The molecule has 0 radical (unpaired) electrons. The van der Waals surface area contributed by atoms with Crippen LogP contribution in [0.4, 0.5) is 0 Å². The molecule has 112 valence electrons. The lowest BCUT2D eigenvalue weighted by atomic mass is 10.0. The number of nitrogens with zero attached hydrogens (tertiary/aromatic N) is 1. The Bertz CT molecular complexity index is 332. The topological polar surface area (TPSA) is 30.8 Å². The van der Waals surface area contributed by atoms with Gasteiger partial charge in [-0.25, -0.2) is 0 Å². The first-order valence-electron chi connectivity index (χ1n) is 7.42. The van der Waals surface area contributed by atoms with Crippen molar-refractivity contribution in [2.75, 3.05) is 0 Å². The lowest BCUT2D eigenvalue weighted by molar-refractivity contribution is -0.00189. The number of hydrogen-bond acceptors (Lipinski definition) is 3. The van der Waals surface area contributed by atoms with Crippen LogP contribution in [0.25, 0.3) is 0 Å². The fourth-order valence-electron chi connectivity index (χ4n) is 2.01. The van der Waals surface area contributed by atoms with Crippen molar-refractivity contribution >= 4 is 14.0 Å². The molecule has 1 heterocycles. The van der Waals surface area contributed by atoms with Crippen LogP contribution in [0.2, 0.25) is 18.1 Å². The molecule has 0 aromatic carbocycles. The van der Waals surface area contributed by atoms with Crippen molar-refractivity contribution in [2.24, 2.45) is 11.1 Å². The second-order valence-electron chi connectivity index (χ2n) is 7.69. The van der Waals surface area contributed by atoms with Crippen LogP contribution >= 0.6 is 0 Å². The van der Waals surface area contributed by atoms with E-state index >= 15 is 0 Å². The minimum atomic E-state index is -1.72. The van der Waals surface area contributed by atoms with Crippen molar-refractivity contribution in [3.8, 4) is 0 Å². The normalized spacial score (nSPS) is 22.4. The third kappa shape index (κ3) is 4.60. The maximum atomic E-state index is 6.38. The minimum absolute atomic E-state index is 0.0999. The zero-order chi connectivity index (χ0) is 14.8. The predicted octanol–water partition coefficient (Wildman–Crippen LogP) is 4.59. The van der Waals surface area contributed by atoms with Gasteiger partial charge in [-0.05, 0) is 37.4 Å². The summed E-state index contributed by atoms with van der Waals surface area (Å²) in [6, 6.07) is 0. The largest absolute Gasteiger partial charge is 0.410 e. The molecule has 3 nitrogen and oxygen atoms in total. The van der Waals surface area contributed by atoms with Gasteiger partial charge in [-0.1, -0.05) is 39.8 Å². The van der Waals surface area contributed by atoms with Crippen molar-refractivity contribution in [3.05, 3.63) is 0 Å². The van der Waals surface area contributed by atoms with Crippen molar-refractivity contribution in [2.45, 2.75) is 84.7 Å². The second-order valence-corrected chi connectivity index (χ2v) is 12.4. The molecular formula is C15H31NO2Si. The highest BCUT2D eigenvalue weighted by molar-refractivity contribution is 6.74. The van der Waals surface area contributed by atoms with Gasteiger partial charge in [0.2, 0.25) is 0 Å². The molecule has 0 fully saturated rings. The summed E-state index contributed by atoms with van der Waals surface area (Å²) in [5.41, 5.74) is 1.19. The maximum Gasteiger partial charge on any atom is 0.192 e. The monoisotopic (exact) mass is 285 g/mol.